The number of rotatable bonds is 6. The number of phenols is 1. The third-order valence-electron chi connectivity index (χ3n) is 3.34. The molecule has 0 spiro atoms. The summed E-state index contributed by atoms with van der Waals surface area (Å²) in [6, 6.07) is 4.95. The van der Waals surface area contributed by atoms with Gasteiger partial charge in [0.15, 0.2) is 0 Å². The Labute approximate surface area is 124 Å². The Morgan fingerprint density at radius 3 is 3.05 bits per heavy atom. The van der Waals surface area contributed by atoms with Gasteiger partial charge >= 0.3 is 5.97 Å². The van der Waals surface area contributed by atoms with Gasteiger partial charge in [-0.3, -0.25) is 0 Å². The average molecular weight is 295 g/mol. The lowest BCUT2D eigenvalue weighted by Crippen LogP contribution is -2.41. The van der Waals surface area contributed by atoms with Crippen molar-refractivity contribution in [3.05, 3.63) is 23.8 Å². The molecule has 1 saturated heterocycles. The molecule has 1 aliphatic heterocycles. The van der Waals surface area contributed by atoms with Crippen molar-refractivity contribution in [3.8, 4) is 11.5 Å². The molecule has 21 heavy (non-hydrogen) atoms. The molecule has 0 amide bonds. The number of ether oxygens (including phenoxy) is 3. The largest absolute Gasteiger partial charge is 0.507 e. The summed E-state index contributed by atoms with van der Waals surface area (Å²) in [5, 5.41) is 13.1. The second kappa shape index (κ2) is 7.85. The van der Waals surface area contributed by atoms with Crippen LogP contribution in [0.1, 0.15) is 23.2 Å². The van der Waals surface area contributed by atoms with Crippen LogP contribution in [-0.4, -0.2) is 50.6 Å². The Bertz CT molecular complexity index is 471. The predicted octanol–water partition coefficient (Wildman–Crippen LogP) is 1.33. The summed E-state index contributed by atoms with van der Waals surface area (Å²) in [5.74, 6) is -0.169. The first kappa shape index (κ1) is 15.6. The van der Waals surface area contributed by atoms with E-state index in [1.807, 2.05) is 0 Å². The van der Waals surface area contributed by atoms with Gasteiger partial charge in [0.05, 0.1) is 26.9 Å². The van der Waals surface area contributed by atoms with Crippen LogP contribution in [0, 0.1) is 0 Å². The maximum atomic E-state index is 11.3. The van der Waals surface area contributed by atoms with Crippen molar-refractivity contribution in [2.24, 2.45) is 0 Å². The van der Waals surface area contributed by atoms with Gasteiger partial charge in [-0.05, 0) is 25.0 Å². The van der Waals surface area contributed by atoms with Crippen LogP contribution in [0.5, 0.6) is 11.5 Å². The van der Waals surface area contributed by atoms with Gasteiger partial charge in [-0.25, -0.2) is 4.79 Å². The number of morpholine rings is 1. The molecule has 1 atom stereocenters. The Morgan fingerprint density at radius 1 is 1.52 bits per heavy atom. The highest BCUT2D eigenvalue weighted by atomic mass is 16.5. The average Bonchev–Trinajstić information content (AvgIpc) is 2.52. The first-order valence-electron chi connectivity index (χ1n) is 7.06. The highest BCUT2D eigenvalue weighted by Gasteiger charge is 2.13. The molecule has 0 aromatic heterocycles. The van der Waals surface area contributed by atoms with E-state index >= 15 is 0 Å². The molecular weight excluding hydrogens is 274 g/mol. The normalized spacial score (nSPS) is 18.2. The molecule has 6 heteroatoms. The summed E-state index contributed by atoms with van der Waals surface area (Å²) >= 11 is 0. The monoisotopic (exact) mass is 295 g/mol. The van der Waals surface area contributed by atoms with Crippen LogP contribution in [-0.2, 0) is 9.47 Å². The summed E-state index contributed by atoms with van der Waals surface area (Å²) in [7, 11) is 1.27. The second-order valence-corrected chi connectivity index (χ2v) is 4.89. The van der Waals surface area contributed by atoms with Crippen LogP contribution in [0.3, 0.4) is 0 Å². The van der Waals surface area contributed by atoms with Gasteiger partial charge in [-0.2, -0.15) is 0 Å². The topological polar surface area (TPSA) is 77.0 Å². The smallest absolute Gasteiger partial charge is 0.341 e. The molecule has 6 nitrogen and oxygen atoms in total. The van der Waals surface area contributed by atoms with Crippen molar-refractivity contribution >= 4 is 5.97 Å². The van der Waals surface area contributed by atoms with Gasteiger partial charge < -0.3 is 24.6 Å². The fourth-order valence-corrected chi connectivity index (χ4v) is 2.21. The number of nitrogens with one attached hydrogen (secondary N) is 1. The van der Waals surface area contributed by atoms with Crippen molar-refractivity contribution < 1.29 is 24.1 Å². The quantitative estimate of drug-likeness (QED) is 0.609. The van der Waals surface area contributed by atoms with Crippen LogP contribution >= 0.6 is 0 Å². The third kappa shape index (κ3) is 4.61. The Morgan fingerprint density at radius 2 is 2.38 bits per heavy atom. The van der Waals surface area contributed by atoms with E-state index in [9.17, 15) is 9.90 Å². The molecule has 1 aromatic rings. The molecule has 1 aromatic carbocycles. The first-order chi connectivity index (χ1) is 10.2. The molecule has 116 valence electrons. The maximum Gasteiger partial charge on any atom is 0.341 e. The summed E-state index contributed by atoms with van der Waals surface area (Å²) in [6.07, 6.45) is 1.87. The van der Waals surface area contributed by atoms with Crippen LogP contribution in [0.2, 0.25) is 0 Å². The minimum Gasteiger partial charge on any atom is -0.507 e. The molecule has 0 bridgehead atoms. The number of carbonyl (C=O) groups is 1. The number of esters is 1. The van der Waals surface area contributed by atoms with Gasteiger partial charge in [0.1, 0.15) is 17.1 Å². The van der Waals surface area contributed by atoms with E-state index in [-0.39, 0.29) is 11.3 Å². The third-order valence-corrected chi connectivity index (χ3v) is 3.34. The summed E-state index contributed by atoms with van der Waals surface area (Å²) in [4.78, 5) is 11.3. The zero-order chi connectivity index (χ0) is 15.1. The molecule has 0 aliphatic carbocycles. The number of methoxy groups -OCH3 is 1. The van der Waals surface area contributed by atoms with Crippen LogP contribution in [0.15, 0.2) is 18.2 Å². The molecule has 0 radical (unpaired) electrons. The van der Waals surface area contributed by atoms with Crippen molar-refractivity contribution in [3.63, 3.8) is 0 Å². The molecular formula is C15H21NO5. The lowest BCUT2D eigenvalue weighted by atomic mass is 10.1. The van der Waals surface area contributed by atoms with E-state index in [1.54, 1.807) is 6.07 Å². The molecule has 1 fully saturated rings. The zero-order valence-corrected chi connectivity index (χ0v) is 12.1. The molecule has 1 heterocycles. The minimum absolute atomic E-state index is 0.133. The van der Waals surface area contributed by atoms with E-state index in [2.05, 4.69) is 10.1 Å². The van der Waals surface area contributed by atoms with Gasteiger partial charge in [0.2, 0.25) is 0 Å². The van der Waals surface area contributed by atoms with Crippen LogP contribution < -0.4 is 10.1 Å². The summed E-state index contributed by atoms with van der Waals surface area (Å²) in [5.41, 5.74) is 0.133. The van der Waals surface area contributed by atoms with E-state index in [4.69, 9.17) is 9.47 Å². The Hall–Kier alpha value is -1.79. The number of phenolic OH excluding ortho intramolecular Hbond substituents is 1. The standard InChI is InChI=1S/C15H21NO5/c1-19-15(18)13-5-4-12(9-14(13)17)21-7-2-3-11-10-20-8-6-16-11/h4-5,9,11,16-17H,2-3,6-8,10H2,1H3. The fraction of sp³-hybridized carbons (Fsp3) is 0.533. The fourth-order valence-electron chi connectivity index (χ4n) is 2.21. The Kier molecular flexibility index (Phi) is 5.83. The molecule has 0 saturated carbocycles. The van der Waals surface area contributed by atoms with Gasteiger partial charge in [-0.15, -0.1) is 0 Å². The maximum absolute atomic E-state index is 11.3. The van der Waals surface area contributed by atoms with Crippen molar-refractivity contribution in [1.82, 2.24) is 5.32 Å². The molecule has 2 N–H and O–H groups in total. The summed E-state index contributed by atoms with van der Waals surface area (Å²) < 4.78 is 15.5. The lowest BCUT2D eigenvalue weighted by Gasteiger charge is -2.23. The highest BCUT2D eigenvalue weighted by Crippen LogP contribution is 2.24. The van der Waals surface area contributed by atoms with E-state index in [0.29, 0.717) is 18.4 Å². The van der Waals surface area contributed by atoms with Gasteiger partial charge in [-0.1, -0.05) is 0 Å². The van der Waals surface area contributed by atoms with Gasteiger partial charge in [0.25, 0.3) is 0 Å². The van der Waals surface area contributed by atoms with Crippen molar-refractivity contribution in [2.75, 3.05) is 33.5 Å². The number of benzene rings is 1. The second-order valence-electron chi connectivity index (χ2n) is 4.89. The molecule has 2 rings (SSSR count). The predicted molar refractivity (Wildman–Crippen MR) is 76.8 cm³/mol. The number of carbonyl (C=O) groups excluding carboxylic acids is 1. The number of aromatic hydroxyl groups is 1. The first-order valence-corrected chi connectivity index (χ1v) is 7.06. The molecule has 1 unspecified atom stereocenters. The lowest BCUT2D eigenvalue weighted by molar-refractivity contribution is 0.0597. The Balaban J connectivity index is 1.75. The molecule has 1 aliphatic rings. The van der Waals surface area contributed by atoms with Gasteiger partial charge in [0, 0.05) is 18.7 Å². The van der Waals surface area contributed by atoms with E-state index in [1.165, 1.54) is 19.2 Å². The van der Waals surface area contributed by atoms with E-state index in [0.717, 1.165) is 32.6 Å². The zero-order valence-electron chi connectivity index (χ0n) is 12.1. The summed E-state index contributed by atoms with van der Waals surface area (Å²) in [6.45, 7) is 2.97. The van der Waals surface area contributed by atoms with E-state index < -0.39 is 5.97 Å². The minimum atomic E-state index is -0.567. The van der Waals surface area contributed by atoms with Crippen LogP contribution in [0.4, 0.5) is 0 Å². The SMILES string of the molecule is COC(=O)c1ccc(OCCCC2COCCN2)cc1O. The number of hydrogen-bond donors (Lipinski definition) is 2. The van der Waals surface area contributed by atoms with Crippen LogP contribution in [0.25, 0.3) is 0 Å². The number of hydrogen-bond acceptors (Lipinski definition) is 6. The van der Waals surface area contributed by atoms with Crippen molar-refractivity contribution in [2.45, 2.75) is 18.9 Å². The highest BCUT2D eigenvalue weighted by molar-refractivity contribution is 5.92. The van der Waals surface area contributed by atoms with Crippen molar-refractivity contribution in [1.29, 1.82) is 0 Å².